The highest BCUT2D eigenvalue weighted by molar-refractivity contribution is 5.76. The maximum atomic E-state index is 11.7. The molecule has 0 aromatic carbocycles. The van der Waals surface area contributed by atoms with E-state index in [9.17, 15) is 9.59 Å². The summed E-state index contributed by atoms with van der Waals surface area (Å²) in [6, 6.07) is 0. The van der Waals surface area contributed by atoms with Crippen molar-refractivity contribution in [3.63, 3.8) is 0 Å². The van der Waals surface area contributed by atoms with Gasteiger partial charge in [-0.25, -0.2) is 0 Å². The minimum Gasteiger partial charge on any atom is -0.342 e. The lowest BCUT2D eigenvalue weighted by Crippen LogP contribution is -2.48. The molecule has 0 unspecified atom stereocenters. The summed E-state index contributed by atoms with van der Waals surface area (Å²) in [5, 5.41) is 3.09. The van der Waals surface area contributed by atoms with E-state index in [2.05, 4.69) is 11.9 Å². The molecule has 1 rings (SSSR count). The average molecular weight is 225 g/mol. The van der Waals surface area contributed by atoms with Crippen molar-refractivity contribution in [2.45, 2.75) is 6.42 Å². The van der Waals surface area contributed by atoms with Crippen molar-refractivity contribution in [2.75, 3.05) is 39.3 Å². The Labute approximate surface area is 96.1 Å². The Morgan fingerprint density at radius 3 is 2.56 bits per heavy atom. The van der Waals surface area contributed by atoms with E-state index < -0.39 is 0 Å². The molecular weight excluding hydrogens is 206 g/mol. The van der Waals surface area contributed by atoms with Crippen LogP contribution < -0.4 is 5.32 Å². The maximum Gasteiger partial charge on any atom is 0.223 e. The molecule has 0 saturated carbocycles. The number of nitrogens with one attached hydrogen (secondary N) is 1. The van der Waals surface area contributed by atoms with Gasteiger partial charge in [-0.05, 0) is 0 Å². The van der Waals surface area contributed by atoms with Crippen LogP contribution in [0.1, 0.15) is 6.42 Å². The van der Waals surface area contributed by atoms with Crippen molar-refractivity contribution in [2.24, 2.45) is 0 Å². The van der Waals surface area contributed by atoms with Crippen molar-refractivity contribution in [3.05, 3.63) is 12.7 Å². The molecule has 1 N–H and O–H groups in total. The summed E-state index contributed by atoms with van der Waals surface area (Å²) in [6.07, 6.45) is 3.12. The standard InChI is InChI=1S/C11H19N3O2/c1-2-4-12-5-3-11(16)14-8-6-13(10-15)7-9-14/h2,10,12H,1,3-9H2. The second-order valence-corrected chi connectivity index (χ2v) is 3.76. The van der Waals surface area contributed by atoms with Crippen molar-refractivity contribution < 1.29 is 9.59 Å². The summed E-state index contributed by atoms with van der Waals surface area (Å²) in [7, 11) is 0. The molecule has 0 aliphatic carbocycles. The van der Waals surface area contributed by atoms with Crippen molar-refractivity contribution in [1.82, 2.24) is 15.1 Å². The van der Waals surface area contributed by atoms with Crippen LogP contribution in [0.2, 0.25) is 0 Å². The summed E-state index contributed by atoms with van der Waals surface area (Å²) >= 11 is 0. The number of carbonyl (C=O) groups excluding carboxylic acids is 2. The number of rotatable bonds is 6. The molecule has 0 bridgehead atoms. The molecule has 5 nitrogen and oxygen atoms in total. The second kappa shape index (κ2) is 7.00. The molecule has 1 saturated heterocycles. The molecule has 0 radical (unpaired) electrons. The van der Waals surface area contributed by atoms with Gasteiger partial charge in [0.25, 0.3) is 0 Å². The molecule has 1 aliphatic rings. The molecule has 0 aromatic rings. The van der Waals surface area contributed by atoms with Crippen LogP contribution in [-0.4, -0.2) is 61.4 Å². The predicted octanol–water partition coefficient (Wildman–Crippen LogP) is -0.547. The van der Waals surface area contributed by atoms with Crippen LogP contribution >= 0.6 is 0 Å². The summed E-state index contributed by atoms with van der Waals surface area (Å²) < 4.78 is 0. The Balaban J connectivity index is 2.17. The molecule has 0 spiro atoms. The summed E-state index contributed by atoms with van der Waals surface area (Å²) in [5.41, 5.74) is 0. The van der Waals surface area contributed by atoms with Gasteiger partial charge < -0.3 is 15.1 Å². The zero-order valence-corrected chi connectivity index (χ0v) is 9.52. The van der Waals surface area contributed by atoms with Gasteiger partial charge in [0.2, 0.25) is 12.3 Å². The predicted molar refractivity (Wildman–Crippen MR) is 61.9 cm³/mol. The Hall–Kier alpha value is -1.36. The van der Waals surface area contributed by atoms with Crippen LogP contribution in [0, 0.1) is 0 Å². The van der Waals surface area contributed by atoms with Crippen molar-refractivity contribution in [1.29, 1.82) is 0 Å². The van der Waals surface area contributed by atoms with Crippen LogP contribution in [0.3, 0.4) is 0 Å². The molecule has 1 fully saturated rings. The lowest BCUT2D eigenvalue weighted by Gasteiger charge is -2.32. The largest absolute Gasteiger partial charge is 0.342 e. The molecule has 5 heteroatoms. The topological polar surface area (TPSA) is 52.7 Å². The third-order valence-corrected chi connectivity index (χ3v) is 2.62. The van der Waals surface area contributed by atoms with Crippen LogP contribution in [0.5, 0.6) is 0 Å². The first kappa shape index (κ1) is 12.7. The molecule has 90 valence electrons. The number of carbonyl (C=O) groups is 2. The van der Waals surface area contributed by atoms with E-state index in [0.29, 0.717) is 39.1 Å². The highest BCUT2D eigenvalue weighted by Gasteiger charge is 2.19. The molecule has 16 heavy (non-hydrogen) atoms. The van der Waals surface area contributed by atoms with Crippen molar-refractivity contribution in [3.8, 4) is 0 Å². The van der Waals surface area contributed by atoms with Gasteiger partial charge in [0, 0.05) is 45.7 Å². The Morgan fingerprint density at radius 1 is 1.31 bits per heavy atom. The highest BCUT2D eigenvalue weighted by atomic mass is 16.2. The van der Waals surface area contributed by atoms with E-state index in [-0.39, 0.29) is 5.91 Å². The molecule has 1 heterocycles. The third-order valence-electron chi connectivity index (χ3n) is 2.62. The highest BCUT2D eigenvalue weighted by Crippen LogP contribution is 2.01. The van der Waals surface area contributed by atoms with E-state index in [1.165, 1.54) is 0 Å². The second-order valence-electron chi connectivity index (χ2n) is 3.76. The van der Waals surface area contributed by atoms with E-state index >= 15 is 0 Å². The first-order valence-electron chi connectivity index (χ1n) is 5.56. The van der Waals surface area contributed by atoms with Gasteiger partial charge in [-0.1, -0.05) is 6.08 Å². The van der Waals surface area contributed by atoms with Gasteiger partial charge in [-0.15, -0.1) is 6.58 Å². The van der Waals surface area contributed by atoms with Crippen LogP contribution in [0.25, 0.3) is 0 Å². The fourth-order valence-corrected chi connectivity index (χ4v) is 1.63. The Bertz CT molecular complexity index is 248. The van der Waals surface area contributed by atoms with E-state index in [1.54, 1.807) is 11.0 Å². The number of hydrogen-bond donors (Lipinski definition) is 1. The van der Waals surface area contributed by atoms with E-state index in [0.717, 1.165) is 13.0 Å². The summed E-state index contributed by atoms with van der Waals surface area (Å²) in [5.74, 6) is 0.155. The average Bonchev–Trinajstić information content (AvgIpc) is 2.34. The fraction of sp³-hybridized carbons (Fsp3) is 0.636. The van der Waals surface area contributed by atoms with Crippen LogP contribution in [-0.2, 0) is 9.59 Å². The summed E-state index contributed by atoms with van der Waals surface area (Å²) in [6.45, 7) is 7.60. The van der Waals surface area contributed by atoms with Crippen molar-refractivity contribution >= 4 is 12.3 Å². The lowest BCUT2D eigenvalue weighted by atomic mass is 10.3. The number of piperazine rings is 1. The van der Waals surface area contributed by atoms with Crippen LogP contribution in [0.4, 0.5) is 0 Å². The van der Waals surface area contributed by atoms with Gasteiger partial charge in [-0.2, -0.15) is 0 Å². The zero-order chi connectivity index (χ0) is 11.8. The first-order valence-corrected chi connectivity index (χ1v) is 5.56. The van der Waals surface area contributed by atoms with E-state index in [4.69, 9.17) is 0 Å². The number of nitrogens with zero attached hydrogens (tertiary/aromatic N) is 2. The summed E-state index contributed by atoms with van der Waals surface area (Å²) in [4.78, 5) is 25.7. The van der Waals surface area contributed by atoms with Gasteiger partial charge in [0.1, 0.15) is 0 Å². The SMILES string of the molecule is C=CCNCCC(=O)N1CCN(C=O)CC1. The van der Waals surface area contributed by atoms with Gasteiger partial charge >= 0.3 is 0 Å². The minimum absolute atomic E-state index is 0.155. The van der Waals surface area contributed by atoms with Gasteiger partial charge in [0.15, 0.2) is 0 Å². The first-order chi connectivity index (χ1) is 7.77. The normalized spacial score (nSPS) is 16.0. The zero-order valence-electron chi connectivity index (χ0n) is 9.52. The Morgan fingerprint density at radius 2 is 2.00 bits per heavy atom. The molecule has 0 atom stereocenters. The fourth-order valence-electron chi connectivity index (χ4n) is 1.63. The molecule has 0 aromatic heterocycles. The number of hydrogen-bond acceptors (Lipinski definition) is 3. The maximum absolute atomic E-state index is 11.7. The minimum atomic E-state index is 0.155. The smallest absolute Gasteiger partial charge is 0.223 e. The van der Waals surface area contributed by atoms with E-state index in [1.807, 2.05) is 4.90 Å². The van der Waals surface area contributed by atoms with Gasteiger partial charge in [-0.3, -0.25) is 9.59 Å². The quantitative estimate of drug-likeness (QED) is 0.375. The third kappa shape index (κ3) is 4.02. The molecule has 1 aliphatic heterocycles. The lowest BCUT2D eigenvalue weighted by molar-refractivity contribution is -0.135. The molecule has 2 amide bonds. The van der Waals surface area contributed by atoms with Gasteiger partial charge in [0.05, 0.1) is 0 Å². The molecular formula is C11H19N3O2. The monoisotopic (exact) mass is 225 g/mol. The van der Waals surface area contributed by atoms with Crippen LogP contribution in [0.15, 0.2) is 12.7 Å². The Kier molecular flexibility index (Phi) is 5.56. The number of amides is 2.